The summed E-state index contributed by atoms with van der Waals surface area (Å²) >= 11 is 0. The van der Waals surface area contributed by atoms with E-state index < -0.39 is 0 Å². The number of fused-ring (bicyclic) bond motifs is 1. The fourth-order valence-electron chi connectivity index (χ4n) is 4.23. The van der Waals surface area contributed by atoms with Crippen LogP contribution in [0.5, 0.6) is 5.75 Å². The first kappa shape index (κ1) is 23.1. The second-order valence-electron chi connectivity index (χ2n) is 8.72. The van der Waals surface area contributed by atoms with Crippen molar-refractivity contribution in [3.05, 3.63) is 71.8 Å². The van der Waals surface area contributed by atoms with Crippen molar-refractivity contribution in [2.24, 2.45) is 0 Å². The van der Waals surface area contributed by atoms with Gasteiger partial charge < -0.3 is 15.2 Å². The van der Waals surface area contributed by atoms with Crippen LogP contribution in [-0.2, 0) is 16.1 Å². The summed E-state index contributed by atoms with van der Waals surface area (Å²) in [5.41, 5.74) is 8.82. The molecule has 6 nitrogen and oxygen atoms in total. The molecular formula is C27H33N3O3. The van der Waals surface area contributed by atoms with Crippen LogP contribution in [0.15, 0.2) is 60.7 Å². The topological polar surface area (TPSA) is 68.0 Å². The van der Waals surface area contributed by atoms with Gasteiger partial charge in [-0.2, -0.15) is 0 Å². The zero-order valence-electron chi connectivity index (χ0n) is 19.5. The number of nitrogens with two attached hydrogens (primary N) is 1. The predicted molar refractivity (Wildman–Crippen MR) is 132 cm³/mol. The average molecular weight is 448 g/mol. The van der Waals surface area contributed by atoms with Gasteiger partial charge in [-0.1, -0.05) is 36.4 Å². The third-order valence-electron chi connectivity index (χ3n) is 6.43. The molecule has 1 unspecified atom stereocenters. The molecule has 1 aliphatic heterocycles. The molecule has 0 amide bonds. The number of ether oxygens (including phenoxy) is 2. The van der Waals surface area contributed by atoms with Crippen LogP contribution in [0.2, 0.25) is 0 Å². The Bertz CT molecular complexity index is 1080. The fraction of sp³-hybridized carbons (Fsp3) is 0.370. The van der Waals surface area contributed by atoms with E-state index in [1.54, 1.807) is 7.11 Å². The number of carbonyl (C=O) groups excluding carboxylic acids is 1. The maximum atomic E-state index is 12.6. The van der Waals surface area contributed by atoms with Gasteiger partial charge in [-0.15, -0.1) is 0 Å². The quantitative estimate of drug-likeness (QED) is 0.417. The minimum absolute atomic E-state index is 0.176. The van der Waals surface area contributed by atoms with Crippen LogP contribution < -0.4 is 10.5 Å². The molecule has 0 aliphatic carbocycles. The molecule has 0 bridgehead atoms. The Labute approximate surface area is 195 Å². The zero-order valence-corrected chi connectivity index (χ0v) is 19.5. The van der Waals surface area contributed by atoms with E-state index in [1.807, 2.05) is 49.4 Å². The summed E-state index contributed by atoms with van der Waals surface area (Å²) in [6, 6.07) is 20.1. The van der Waals surface area contributed by atoms with E-state index in [0.29, 0.717) is 6.61 Å². The minimum atomic E-state index is -0.298. The SMILES string of the molecule is COc1ccc2cc(C(C)C(=O)OCCN3CCN(Cc4ccc(N)cc4)CC3)ccc2c1. The highest BCUT2D eigenvalue weighted by Gasteiger charge is 2.20. The van der Waals surface area contributed by atoms with Crippen molar-refractivity contribution in [1.82, 2.24) is 9.80 Å². The van der Waals surface area contributed by atoms with Gasteiger partial charge in [-0.05, 0) is 53.1 Å². The van der Waals surface area contributed by atoms with Gasteiger partial charge in [0.2, 0.25) is 0 Å². The van der Waals surface area contributed by atoms with Crippen molar-refractivity contribution < 1.29 is 14.3 Å². The smallest absolute Gasteiger partial charge is 0.313 e. The number of carbonyl (C=O) groups is 1. The first-order valence-corrected chi connectivity index (χ1v) is 11.6. The molecule has 1 fully saturated rings. The van der Waals surface area contributed by atoms with Gasteiger partial charge in [0, 0.05) is 45.0 Å². The normalized spacial score (nSPS) is 15.9. The summed E-state index contributed by atoms with van der Waals surface area (Å²) in [5.74, 6) is 0.354. The van der Waals surface area contributed by atoms with Gasteiger partial charge in [0.1, 0.15) is 12.4 Å². The molecule has 4 rings (SSSR count). The van der Waals surface area contributed by atoms with Gasteiger partial charge in [-0.3, -0.25) is 14.6 Å². The van der Waals surface area contributed by atoms with Gasteiger partial charge in [0.25, 0.3) is 0 Å². The van der Waals surface area contributed by atoms with E-state index in [2.05, 4.69) is 28.0 Å². The van der Waals surface area contributed by atoms with Gasteiger partial charge in [0.15, 0.2) is 0 Å². The number of piperazine rings is 1. The molecule has 0 saturated carbocycles. The molecule has 1 aliphatic rings. The van der Waals surface area contributed by atoms with E-state index in [0.717, 1.165) is 67.0 Å². The summed E-state index contributed by atoms with van der Waals surface area (Å²) < 4.78 is 10.9. The molecule has 0 aromatic heterocycles. The third-order valence-corrected chi connectivity index (χ3v) is 6.43. The van der Waals surface area contributed by atoms with Crippen molar-refractivity contribution in [1.29, 1.82) is 0 Å². The maximum absolute atomic E-state index is 12.6. The highest BCUT2D eigenvalue weighted by Crippen LogP contribution is 2.25. The van der Waals surface area contributed by atoms with Crippen molar-refractivity contribution in [2.75, 3.05) is 52.2 Å². The van der Waals surface area contributed by atoms with Crippen LogP contribution in [0.1, 0.15) is 24.0 Å². The fourth-order valence-corrected chi connectivity index (χ4v) is 4.23. The molecule has 6 heteroatoms. The third kappa shape index (κ3) is 6.03. The largest absolute Gasteiger partial charge is 0.497 e. The number of hydrogen-bond acceptors (Lipinski definition) is 6. The molecule has 1 heterocycles. The van der Waals surface area contributed by atoms with E-state index in [9.17, 15) is 4.79 Å². The Balaban J connectivity index is 1.21. The molecule has 174 valence electrons. The van der Waals surface area contributed by atoms with Crippen LogP contribution in [0.25, 0.3) is 10.8 Å². The Kier molecular flexibility index (Phi) is 7.47. The van der Waals surface area contributed by atoms with Crippen LogP contribution in [0.3, 0.4) is 0 Å². The summed E-state index contributed by atoms with van der Waals surface area (Å²) in [5, 5.41) is 2.18. The van der Waals surface area contributed by atoms with Crippen molar-refractivity contribution >= 4 is 22.4 Å². The van der Waals surface area contributed by atoms with Crippen LogP contribution in [0.4, 0.5) is 5.69 Å². The minimum Gasteiger partial charge on any atom is -0.497 e. The summed E-state index contributed by atoms with van der Waals surface area (Å²) in [6.07, 6.45) is 0. The monoisotopic (exact) mass is 447 g/mol. The number of esters is 1. The Hall–Kier alpha value is -3.09. The lowest BCUT2D eigenvalue weighted by Gasteiger charge is -2.34. The average Bonchev–Trinajstić information content (AvgIpc) is 2.85. The number of methoxy groups -OCH3 is 1. The van der Waals surface area contributed by atoms with Gasteiger partial charge in [0.05, 0.1) is 13.0 Å². The number of hydrogen-bond donors (Lipinski definition) is 1. The molecule has 1 atom stereocenters. The molecule has 0 spiro atoms. The highest BCUT2D eigenvalue weighted by molar-refractivity contribution is 5.86. The molecule has 2 N–H and O–H groups in total. The number of benzene rings is 3. The summed E-state index contributed by atoms with van der Waals surface area (Å²) in [7, 11) is 1.66. The van der Waals surface area contributed by atoms with Gasteiger partial charge >= 0.3 is 5.97 Å². The lowest BCUT2D eigenvalue weighted by molar-refractivity contribution is -0.145. The number of anilines is 1. The molecule has 0 radical (unpaired) electrons. The van der Waals surface area contributed by atoms with E-state index in [-0.39, 0.29) is 11.9 Å². The second-order valence-corrected chi connectivity index (χ2v) is 8.72. The van der Waals surface area contributed by atoms with Crippen molar-refractivity contribution in [2.45, 2.75) is 19.4 Å². The van der Waals surface area contributed by atoms with E-state index >= 15 is 0 Å². The predicted octanol–water partition coefficient (Wildman–Crippen LogP) is 3.90. The Morgan fingerprint density at radius 3 is 2.33 bits per heavy atom. The second kappa shape index (κ2) is 10.7. The van der Waals surface area contributed by atoms with Crippen LogP contribution >= 0.6 is 0 Å². The summed E-state index contributed by atoms with van der Waals surface area (Å²) in [6.45, 7) is 8.03. The van der Waals surface area contributed by atoms with Gasteiger partial charge in [-0.25, -0.2) is 0 Å². The molecule has 1 saturated heterocycles. The van der Waals surface area contributed by atoms with Crippen molar-refractivity contribution in [3.8, 4) is 5.75 Å². The standard InChI is InChI=1S/C27H33N3O3/c1-20(22-5-6-24-18-26(32-2)10-7-23(24)17-22)27(31)33-16-15-29-11-13-30(14-12-29)19-21-3-8-25(28)9-4-21/h3-10,17-18,20H,11-16,19,28H2,1-2H3. The number of rotatable bonds is 8. The number of nitrogens with zero attached hydrogens (tertiary/aromatic N) is 2. The highest BCUT2D eigenvalue weighted by atomic mass is 16.5. The first-order valence-electron chi connectivity index (χ1n) is 11.6. The molecule has 3 aromatic rings. The first-order chi connectivity index (χ1) is 16.0. The van der Waals surface area contributed by atoms with E-state index in [1.165, 1.54) is 5.56 Å². The van der Waals surface area contributed by atoms with E-state index in [4.69, 9.17) is 15.2 Å². The molecular weight excluding hydrogens is 414 g/mol. The molecule has 3 aromatic carbocycles. The lowest BCUT2D eigenvalue weighted by atomic mass is 9.98. The number of nitrogen functional groups attached to an aromatic ring is 1. The zero-order chi connectivity index (χ0) is 23.2. The molecule has 33 heavy (non-hydrogen) atoms. The van der Waals surface area contributed by atoms with Crippen LogP contribution in [-0.4, -0.2) is 62.2 Å². The Morgan fingerprint density at radius 2 is 1.61 bits per heavy atom. The maximum Gasteiger partial charge on any atom is 0.313 e. The summed E-state index contributed by atoms with van der Waals surface area (Å²) in [4.78, 5) is 17.4. The van der Waals surface area contributed by atoms with Crippen LogP contribution in [0, 0.1) is 0 Å². The Morgan fingerprint density at radius 1 is 0.939 bits per heavy atom. The lowest BCUT2D eigenvalue weighted by Crippen LogP contribution is -2.46. The van der Waals surface area contributed by atoms with Crippen molar-refractivity contribution in [3.63, 3.8) is 0 Å².